The third-order valence-electron chi connectivity index (χ3n) is 3.16. The van der Waals surface area contributed by atoms with E-state index in [0.29, 0.717) is 10.7 Å². The number of rotatable bonds is 5. The highest BCUT2D eigenvalue weighted by Gasteiger charge is 2.12. The molecule has 0 aliphatic heterocycles. The van der Waals surface area contributed by atoms with E-state index in [4.69, 9.17) is 11.6 Å². The molecule has 1 amide bonds. The molecule has 0 fully saturated rings. The van der Waals surface area contributed by atoms with Crippen LogP contribution in [-0.4, -0.2) is 12.5 Å². The molecule has 0 spiro atoms. The van der Waals surface area contributed by atoms with Crippen molar-refractivity contribution in [1.82, 2.24) is 0 Å². The van der Waals surface area contributed by atoms with E-state index in [-0.39, 0.29) is 24.3 Å². The van der Waals surface area contributed by atoms with Gasteiger partial charge in [-0.2, -0.15) is 0 Å². The van der Waals surface area contributed by atoms with Crippen LogP contribution in [-0.2, 0) is 4.79 Å². The Balaban J connectivity index is 1.84. The zero-order valence-electron chi connectivity index (χ0n) is 11.6. The summed E-state index contributed by atoms with van der Waals surface area (Å²) in [7, 11) is 0. The molecule has 0 saturated heterocycles. The van der Waals surface area contributed by atoms with Gasteiger partial charge in [0.05, 0.1) is 0 Å². The quantitative estimate of drug-likeness (QED) is 0.876. The summed E-state index contributed by atoms with van der Waals surface area (Å²) in [6.07, 6.45) is 0. The molecule has 0 radical (unpaired) electrons. The summed E-state index contributed by atoms with van der Waals surface area (Å²) in [4.78, 5) is 11.8. The van der Waals surface area contributed by atoms with Crippen LogP contribution in [0, 0.1) is 5.82 Å². The standard InChI is InChI=1S/C16H16ClFN2O/c1-11(12-3-2-4-13(17)9-12)19-10-16(21)20-15-7-5-14(18)6-8-15/h2-9,11,19H,10H2,1H3,(H,20,21)/p+1/t11-/m1/s1. The van der Waals surface area contributed by atoms with Gasteiger partial charge in [-0.25, -0.2) is 4.39 Å². The molecule has 0 aliphatic carbocycles. The molecule has 0 saturated carbocycles. The third-order valence-corrected chi connectivity index (χ3v) is 3.39. The van der Waals surface area contributed by atoms with Gasteiger partial charge in [0.15, 0.2) is 6.54 Å². The lowest BCUT2D eigenvalue weighted by Crippen LogP contribution is -2.86. The van der Waals surface area contributed by atoms with Gasteiger partial charge in [0.1, 0.15) is 11.9 Å². The van der Waals surface area contributed by atoms with Crippen LogP contribution in [0.1, 0.15) is 18.5 Å². The maximum atomic E-state index is 12.8. The minimum absolute atomic E-state index is 0.127. The second kappa shape index (κ2) is 7.20. The van der Waals surface area contributed by atoms with Crippen LogP contribution in [0.25, 0.3) is 0 Å². The van der Waals surface area contributed by atoms with Crippen LogP contribution < -0.4 is 10.6 Å². The minimum Gasteiger partial charge on any atom is -0.333 e. The lowest BCUT2D eigenvalue weighted by atomic mass is 10.1. The summed E-state index contributed by atoms with van der Waals surface area (Å²) in [6, 6.07) is 13.4. The lowest BCUT2D eigenvalue weighted by Gasteiger charge is -2.11. The fourth-order valence-corrected chi connectivity index (χ4v) is 2.15. The number of amides is 1. The molecule has 0 aliphatic rings. The molecular weight excluding hydrogens is 291 g/mol. The van der Waals surface area contributed by atoms with E-state index in [1.165, 1.54) is 24.3 Å². The fraction of sp³-hybridized carbons (Fsp3) is 0.188. The average molecular weight is 308 g/mol. The van der Waals surface area contributed by atoms with Gasteiger partial charge in [-0.05, 0) is 43.3 Å². The van der Waals surface area contributed by atoms with E-state index in [0.717, 1.165) is 5.56 Å². The lowest BCUT2D eigenvalue weighted by molar-refractivity contribution is -0.682. The normalized spacial score (nSPS) is 12.0. The van der Waals surface area contributed by atoms with Crippen molar-refractivity contribution in [3.63, 3.8) is 0 Å². The number of anilines is 1. The number of carbonyl (C=O) groups excluding carboxylic acids is 1. The van der Waals surface area contributed by atoms with E-state index in [1.807, 2.05) is 36.5 Å². The predicted molar refractivity (Wildman–Crippen MR) is 81.7 cm³/mol. The average Bonchev–Trinajstić information content (AvgIpc) is 2.47. The van der Waals surface area contributed by atoms with Gasteiger partial charge in [0.2, 0.25) is 0 Å². The summed E-state index contributed by atoms with van der Waals surface area (Å²) in [5.74, 6) is -0.454. The number of carbonyl (C=O) groups is 1. The van der Waals surface area contributed by atoms with Crippen LogP contribution in [0.2, 0.25) is 5.02 Å². The third kappa shape index (κ3) is 4.85. The van der Waals surface area contributed by atoms with Crippen LogP contribution in [0.3, 0.4) is 0 Å². The first-order valence-corrected chi connectivity index (χ1v) is 7.06. The SMILES string of the molecule is C[C@@H]([NH2+]CC(=O)Nc1ccc(F)cc1)c1cccc(Cl)c1. The molecule has 2 aromatic rings. The van der Waals surface area contributed by atoms with Gasteiger partial charge >= 0.3 is 0 Å². The number of nitrogens with one attached hydrogen (secondary N) is 1. The Labute approximate surface area is 128 Å². The molecular formula is C16H17ClFN2O+. The van der Waals surface area contributed by atoms with E-state index in [1.54, 1.807) is 0 Å². The van der Waals surface area contributed by atoms with Crippen molar-refractivity contribution in [2.45, 2.75) is 13.0 Å². The van der Waals surface area contributed by atoms with Crippen LogP contribution in [0.5, 0.6) is 0 Å². The van der Waals surface area contributed by atoms with Crippen molar-refractivity contribution in [3.05, 3.63) is 64.9 Å². The maximum Gasteiger partial charge on any atom is 0.279 e. The summed E-state index contributed by atoms with van der Waals surface area (Å²) >= 11 is 5.95. The van der Waals surface area contributed by atoms with Crippen molar-refractivity contribution in [2.75, 3.05) is 11.9 Å². The first-order valence-electron chi connectivity index (χ1n) is 6.69. The molecule has 0 bridgehead atoms. The predicted octanol–water partition coefficient (Wildman–Crippen LogP) is 2.74. The number of benzene rings is 2. The molecule has 110 valence electrons. The zero-order valence-corrected chi connectivity index (χ0v) is 12.4. The van der Waals surface area contributed by atoms with Crippen LogP contribution >= 0.6 is 11.6 Å². The van der Waals surface area contributed by atoms with Crippen molar-refractivity contribution < 1.29 is 14.5 Å². The minimum atomic E-state index is -0.325. The van der Waals surface area contributed by atoms with Crippen LogP contribution in [0.15, 0.2) is 48.5 Å². The van der Waals surface area contributed by atoms with Gasteiger partial charge in [-0.3, -0.25) is 4.79 Å². The molecule has 0 heterocycles. The van der Waals surface area contributed by atoms with E-state index in [9.17, 15) is 9.18 Å². The highest BCUT2D eigenvalue weighted by Crippen LogP contribution is 2.14. The second-order valence-corrected chi connectivity index (χ2v) is 5.28. The van der Waals surface area contributed by atoms with Crippen molar-refractivity contribution >= 4 is 23.2 Å². The molecule has 21 heavy (non-hydrogen) atoms. The fourth-order valence-electron chi connectivity index (χ4n) is 1.95. The number of hydrogen-bond acceptors (Lipinski definition) is 1. The van der Waals surface area contributed by atoms with Crippen molar-refractivity contribution in [1.29, 1.82) is 0 Å². The zero-order chi connectivity index (χ0) is 15.2. The first kappa shape index (κ1) is 15.5. The van der Waals surface area contributed by atoms with E-state index in [2.05, 4.69) is 5.32 Å². The summed E-state index contributed by atoms with van der Waals surface area (Å²) in [5, 5.41) is 5.33. The molecule has 3 N–H and O–H groups in total. The molecule has 5 heteroatoms. The monoisotopic (exact) mass is 307 g/mol. The maximum absolute atomic E-state index is 12.8. The molecule has 2 aromatic carbocycles. The molecule has 0 aromatic heterocycles. The smallest absolute Gasteiger partial charge is 0.279 e. The van der Waals surface area contributed by atoms with Gasteiger partial charge in [0, 0.05) is 16.3 Å². The topological polar surface area (TPSA) is 45.7 Å². The Morgan fingerprint density at radius 1 is 1.29 bits per heavy atom. The second-order valence-electron chi connectivity index (χ2n) is 4.84. The first-order chi connectivity index (χ1) is 10.0. The Kier molecular flexibility index (Phi) is 5.31. The molecule has 2 rings (SSSR count). The van der Waals surface area contributed by atoms with Crippen molar-refractivity contribution in [3.8, 4) is 0 Å². The Morgan fingerprint density at radius 3 is 2.67 bits per heavy atom. The summed E-state index contributed by atoms with van der Waals surface area (Å²) in [5.41, 5.74) is 1.65. The van der Waals surface area contributed by atoms with Crippen molar-refractivity contribution in [2.24, 2.45) is 0 Å². The van der Waals surface area contributed by atoms with E-state index >= 15 is 0 Å². The Hall–Kier alpha value is -1.91. The van der Waals surface area contributed by atoms with E-state index < -0.39 is 0 Å². The summed E-state index contributed by atoms with van der Waals surface area (Å²) in [6.45, 7) is 2.29. The van der Waals surface area contributed by atoms with Gasteiger partial charge in [-0.1, -0.05) is 23.7 Å². The Morgan fingerprint density at radius 2 is 2.00 bits per heavy atom. The highest BCUT2D eigenvalue weighted by molar-refractivity contribution is 6.30. The largest absolute Gasteiger partial charge is 0.333 e. The van der Waals surface area contributed by atoms with Gasteiger partial charge < -0.3 is 10.6 Å². The number of halogens is 2. The molecule has 0 unspecified atom stereocenters. The summed E-state index contributed by atoms with van der Waals surface area (Å²) < 4.78 is 12.8. The van der Waals surface area contributed by atoms with Gasteiger partial charge in [-0.15, -0.1) is 0 Å². The number of nitrogens with two attached hydrogens (primary N) is 1. The number of quaternary nitrogens is 1. The highest BCUT2D eigenvalue weighted by atomic mass is 35.5. The number of hydrogen-bond donors (Lipinski definition) is 2. The molecule has 1 atom stereocenters. The van der Waals surface area contributed by atoms with Crippen LogP contribution in [0.4, 0.5) is 10.1 Å². The Bertz CT molecular complexity index is 616. The molecule has 3 nitrogen and oxygen atoms in total. The van der Waals surface area contributed by atoms with Gasteiger partial charge in [0.25, 0.3) is 5.91 Å².